The summed E-state index contributed by atoms with van der Waals surface area (Å²) in [6.45, 7) is 3.84. The van der Waals surface area contributed by atoms with Crippen LogP contribution < -0.4 is 0 Å². The molecule has 1 atom stereocenters. The van der Waals surface area contributed by atoms with Crippen LogP contribution in [0.25, 0.3) is 11.4 Å². The van der Waals surface area contributed by atoms with E-state index in [0.29, 0.717) is 24.3 Å². The van der Waals surface area contributed by atoms with Gasteiger partial charge in [-0.3, -0.25) is 4.90 Å². The first-order chi connectivity index (χ1) is 11.7. The van der Waals surface area contributed by atoms with Crippen molar-refractivity contribution >= 4 is 0 Å². The van der Waals surface area contributed by atoms with Gasteiger partial charge in [0, 0.05) is 24.5 Å². The fourth-order valence-electron chi connectivity index (χ4n) is 3.48. The molecule has 0 saturated carbocycles. The average Bonchev–Trinajstić information content (AvgIpc) is 3.30. The lowest BCUT2D eigenvalue weighted by molar-refractivity contribution is 0.207. The molecule has 3 heterocycles. The molecule has 1 aromatic carbocycles. The van der Waals surface area contributed by atoms with Crippen molar-refractivity contribution in [2.24, 2.45) is 7.05 Å². The molecule has 1 aliphatic heterocycles. The van der Waals surface area contributed by atoms with E-state index < -0.39 is 0 Å². The van der Waals surface area contributed by atoms with Gasteiger partial charge in [0.1, 0.15) is 0 Å². The van der Waals surface area contributed by atoms with Gasteiger partial charge in [-0.15, -0.1) is 0 Å². The molecule has 5 heteroatoms. The van der Waals surface area contributed by atoms with Crippen molar-refractivity contribution in [3.8, 4) is 11.4 Å². The van der Waals surface area contributed by atoms with Crippen LogP contribution >= 0.6 is 0 Å². The van der Waals surface area contributed by atoms with Crippen molar-refractivity contribution in [1.82, 2.24) is 19.6 Å². The molecule has 0 bridgehead atoms. The summed E-state index contributed by atoms with van der Waals surface area (Å²) < 4.78 is 7.70. The quantitative estimate of drug-likeness (QED) is 0.734. The maximum Gasteiger partial charge on any atom is 0.241 e. The van der Waals surface area contributed by atoms with Gasteiger partial charge in [-0.05, 0) is 38.4 Å². The van der Waals surface area contributed by atoms with Gasteiger partial charge in [-0.1, -0.05) is 35.0 Å². The van der Waals surface area contributed by atoms with Crippen molar-refractivity contribution in [3.63, 3.8) is 0 Å². The van der Waals surface area contributed by atoms with Crippen LogP contribution in [0.5, 0.6) is 0 Å². The molecule has 0 radical (unpaired) electrons. The summed E-state index contributed by atoms with van der Waals surface area (Å²) in [5.74, 6) is 1.35. The molecule has 4 rings (SSSR count). The Morgan fingerprint density at radius 2 is 2.04 bits per heavy atom. The molecule has 1 fully saturated rings. The highest BCUT2D eigenvalue weighted by Gasteiger charge is 2.29. The van der Waals surface area contributed by atoms with Gasteiger partial charge in [0.05, 0.1) is 12.6 Å². The summed E-state index contributed by atoms with van der Waals surface area (Å²) in [4.78, 5) is 7.02. The predicted octanol–water partition coefficient (Wildman–Crippen LogP) is 3.72. The van der Waals surface area contributed by atoms with E-state index in [-0.39, 0.29) is 0 Å². The highest BCUT2D eigenvalue weighted by atomic mass is 16.5. The smallest absolute Gasteiger partial charge is 0.241 e. The Bertz CT molecular complexity index is 818. The first-order valence-electron chi connectivity index (χ1n) is 8.45. The Hall–Kier alpha value is -2.40. The summed E-state index contributed by atoms with van der Waals surface area (Å²) in [6.07, 6.45) is 4.49. The summed E-state index contributed by atoms with van der Waals surface area (Å²) in [5, 5.41) is 4.15. The lowest BCUT2D eigenvalue weighted by atomic mass is 10.1. The van der Waals surface area contributed by atoms with E-state index in [4.69, 9.17) is 4.52 Å². The van der Waals surface area contributed by atoms with Crippen LogP contribution in [0, 0.1) is 6.92 Å². The van der Waals surface area contributed by atoms with Crippen LogP contribution in [0.3, 0.4) is 0 Å². The van der Waals surface area contributed by atoms with Gasteiger partial charge in [-0.2, -0.15) is 4.98 Å². The molecule has 5 nitrogen and oxygen atoms in total. The van der Waals surface area contributed by atoms with Crippen molar-refractivity contribution in [2.75, 3.05) is 6.54 Å². The van der Waals surface area contributed by atoms with Crippen LogP contribution in [-0.4, -0.2) is 26.2 Å². The van der Waals surface area contributed by atoms with E-state index in [1.54, 1.807) is 0 Å². The maximum absolute atomic E-state index is 5.50. The van der Waals surface area contributed by atoms with Gasteiger partial charge in [0.15, 0.2) is 0 Å². The predicted molar refractivity (Wildman–Crippen MR) is 92.3 cm³/mol. The number of aromatic nitrogens is 3. The van der Waals surface area contributed by atoms with Gasteiger partial charge in [0.2, 0.25) is 11.7 Å². The van der Waals surface area contributed by atoms with Crippen LogP contribution in [0.15, 0.2) is 47.1 Å². The number of rotatable bonds is 4. The molecule has 2 aromatic heterocycles. The largest absolute Gasteiger partial charge is 0.353 e. The molecule has 0 aliphatic carbocycles. The van der Waals surface area contributed by atoms with Crippen molar-refractivity contribution < 1.29 is 4.52 Å². The van der Waals surface area contributed by atoms with Crippen LogP contribution in [0.2, 0.25) is 0 Å². The molecule has 1 unspecified atom stereocenters. The lowest BCUT2D eigenvalue weighted by Gasteiger charge is -2.23. The molecule has 0 amide bonds. The number of hydrogen-bond acceptors (Lipinski definition) is 4. The zero-order valence-corrected chi connectivity index (χ0v) is 14.1. The number of nitrogens with zero attached hydrogens (tertiary/aromatic N) is 4. The fourth-order valence-corrected chi connectivity index (χ4v) is 3.48. The molecule has 1 aliphatic rings. The van der Waals surface area contributed by atoms with Crippen molar-refractivity contribution in [3.05, 3.63) is 59.7 Å². The third kappa shape index (κ3) is 2.87. The second kappa shape index (κ2) is 6.24. The number of aryl methyl sites for hydroxylation is 2. The highest BCUT2D eigenvalue weighted by Crippen LogP contribution is 2.33. The molecule has 0 N–H and O–H groups in total. The second-order valence-electron chi connectivity index (χ2n) is 6.55. The Morgan fingerprint density at radius 1 is 1.21 bits per heavy atom. The summed E-state index contributed by atoms with van der Waals surface area (Å²) in [7, 11) is 2.11. The van der Waals surface area contributed by atoms with E-state index in [0.717, 1.165) is 12.1 Å². The third-order valence-electron chi connectivity index (χ3n) is 4.81. The number of benzene rings is 1. The lowest BCUT2D eigenvalue weighted by Crippen LogP contribution is -2.24. The fraction of sp³-hybridized carbons (Fsp3) is 0.368. The Morgan fingerprint density at radius 3 is 2.79 bits per heavy atom. The van der Waals surface area contributed by atoms with E-state index in [9.17, 15) is 0 Å². The Labute approximate surface area is 141 Å². The normalized spacial score (nSPS) is 18.3. The van der Waals surface area contributed by atoms with Crippen molar-refractivity contribution in [1.29, 1.82) is 0 Å². The zero-order chi connectivity index (χ0) is 16.5. The molecule has 0 spiro atoms. The van der Waals surface area contributed by atoms with Crippen LogP contribution in [-0.2, 0) is 13.6 Å². The minimum Gasteiger partial charge on any atom is -0.353 e. The Kier molecular flexibility index (Phi) is 3.94. The molecular formula is C19H22N4O. The van der Waals surface area contributed by atoms with Gasteiger partial charge in [-0.25, -0.2) is 0 Å². The monoisotopic (exact) mass is 322 g/mol. The molecule has 3 aromatic rings. The molecule has 1 saturated heterocycles. The summed E-state index contributed by atoms with van der Waals surface area (Å²) in [6, 6.07) is 12.9. The van der Waals surface area contributed by atoms with E-state index in [1.807, 2.05) is 12.1 Å². The number of hydrogen-bond donors (Lipinski definition) is 0. The standard InChI is InChI=1S/C19H22N4O/c1-14-7-9-15(10-8-14)19-20-18(24-21-19)13-23-12-4-6-17(23)16-5-3-11-22(16)2/h3,5,7-11,17H,4,6,12-13H2,1-2H3. The number of likely N-dealkylation sites (tertiary alicyclic amines) is 1. The first-order valence-corrected chi connectivity index (χ1v) is 8.45. The maximum atomic E-state index is 5.50. The van der Waals surface area contributed by atoms with E-state index in [1.165, 1.54) is 24.1 Å². The average molecular weight is 322 g/mol. The third-order valence-corrected chi connectivity index (χ3v) is 4.81. The van der Waals surface area contributed by atoms with Gasteiger partial charge < -0.3 is 9.09 Å². The van der Waals surface area contributed by atoms with Gasteiger partial charge >= 0.3 is 0 Å². The second-order valence-corrected chi connectivity index (χ2v) is 6.55. The van der Waals surface area contributed by atoms with E-state index in [2.05, 4.69) is 64.0 Å². The minimum absolute atomic E-state index is 0.430. The summed E-state index contributed by atoms with van der Waals surface area (Å²) in [5.41, 5.74) is 3.58. The molecule has 124 valence electrons. The highest BCUT2D eigenvalue weighted by molar-refractivity contribution is 5.54. The van der Waals surface area contributed by atoms with E-state index >= 15 is 0 Å². The summed E-state index contributed by atoms with van der Waals surface area (Å²) >= 11 is 0. The van der Waals surface area contributed by atoms with Crippen molar-refractivity contribution in [2.45, 2.75) is 32.4 Å². The van der Waals surface area contributed by atoms with Gasteiger partial charge in [0.25, 0.3) is 0 Å². The Balaban J connectivity index is 1.51. The SMILES string of the molecule is Cc1ccc(-c2noc(CN3CCCC3c3cccn3C)n2)cc1. The molecule has 24 heavy (non-hydrogen) atoms. The molecular weight excluding hydrogens is 300 g/mol. The topological polar surface area (TPSA) is 47.1 Å². The zero-order valence-electron chi connectivity index (χ0n) is 14.1. The van der Waals surface area contributed by atoms with Crippen LogP contribution in [0.4, 0.5) is 0 Å². The van der Waals surface area contributed by atoms with Crippen LogP contribution in [0.1, 0.15) is 36.0 Å². The first kappa shape index (κ1) is 15.1. The minimum atomic E-state index is 0.430.